The molecular formula is C13H21IN2O5. The Hall–Kier alpha value is -1.19. The van der Waals surface area contributed by atoms with E-state index in [0.717, 1.165) is 6.42 Å². The summed E-state index contributed by atoms with van der Waals surface area (Å²) < 4.78 is -0.701. The van der Waals surface area contributed by atoms with Crippen molar-refractivity contribution in [3.05, 3.63) is 0 Å². The zero-order chi connectivity index (χ0) is 16.3. The van der Waals surface area contributed by atoms with Gasteiger partial charge < -0.3 is 15.7 Å². The van der Waals surface area contributed by atoms with E-state index in [1.54, 1.807) is 22.6 Å². The number of hydrogen-bond acceptors (Lipinski definition) is 4. The highest BCUT2D eigenvalue weighted by molar-refractivity contribution is 14.1. The Balaban J connectivity index is 3.69. The van der Waals surface area contributed by atoms with Gasteiger partial charge in [0.15, 0.2) is 0 Å². The molecule has 3 N–H and O–H groups in total. The predicted octanol–water partition coefficient (Wildman–Crippen LogP) is 0.647. The first-order valence-corrected chi connectivity index (χ1v) is 8.03. The monoisotopic (exact) mass is 412 g/mol. The number of carbonyl (C=O) groups excluding carboxylic acids is 3. The molecule has 1 unspecified atom stereocenters. The summed E-state index contributed by atoms with van der Waals surface area (Å²) in [7, 11) is 0. The molecule has 0 heterocycles. The van der Waals surface area contributed by atoms with Gasteiger partial charge in [0.2, 0.25) is 11.8 Å². The largest absolute Gasteiger partial charge is 0.481 e. The molecule has 7 nitrogen and oxygen atoms in total. The van der Waals surface area contributed by atoms with Crippen LogP contribution in [0.1, 0.15) is 39.0 Å². The Bertz CT molecular complexity index is 387. The number of Topliss-reactive ketones (excluding diaryl/α,β-unsaturated/α-hetero) is 1. The van der Waals surface area contributed by atoms with E-state index in [1.807, 2.05) is 6.92 Å². The number of nitrogens with one attached hydrogen (secondary N) is 2. The molecule has 0 spiro atoms. The number of carboxylic acid groups (broad SMARTS) is 1. The average Bonchev–Trinajstić information content (AvgIpc) is 2.43. The van der Waals surface area contributed by atoms with Gasteiger partial charge in [0.05, 0.1) is 13.0 Å². The molecule has 0 aliphatic carbocycles. The minimum atomic E-state index is -1.06. The number of rotatable bonds is 11. The fourth-order valence-corrected chi connectivity index (χ4v) is 2.04. The van der Waals surface area contributed by atoms with Crippen LogP contribution in [0.4, 0.5) is 0 Å². The zero-order valence-corrected chi connectivity index (χ0v) is 14.1. The molecule has 2 amide bonds. The summed E-state index contributed by atoms with van der Waals surface area (Å²) in [4.78, 5) is 44.4. The first kappa shape index (κ1) is 19.8. The van der Waals surface area contributed by atoms with Crippen LogP contribution in [-0.4, -0.2) is 45.7 Å². The maximum atomic E-state index is 11.5. The second kappa shape index (κ2) is 11.5. The standard InChI is InChI=1S/C13H21IN2O5/c1-2-9(17)5-3-4-6-15-11(18)8-16-13(21)10(14)7-12(19)20/h10H,2-8H2,1H3,(H,15,18)(H,16,21)(H,19,20). The number of alkyl halides is 1. The van der Waals surface area contributed by atoms with Crippen LogP contribution in [0.5, 0.6) is 0 Å². The molecule has 0 aromatic carbocycles. The lowest BCUT2D eigenvalue weighted by Gasteiger charge is -2.09. The summed E-state index contributed by atoms with van der Waals surface area (Å²) in [6, 6.07) is 0. The minimum absolute atomic E-state index is 0.175. The molecule has 8 heteroatoms. The minimum Gasteiger partial charge on any atom is -0.481 e. The van der Waals surface area contributed by atoms with E-state index in [4.69, 9.17) is 5.11 Å². The molecule has 0 rings (SSSR count). The van der Waals surface area contributed by atoms with Crippen LogP contribution in [-0.2, 0) is 19.2 Å². The number of carbonyl (C=O) groups is 4. The van der Waals surface area contributed by atoms with Crippen molar-refractivity contribution in [2.24, 2.45) is 0 Å². The Morgan fingerprint density at radius 3 is 2.38 bits per heavy atom. The van der Waals surface area contributed by atoms with E-state index in [1.165, 1.54) is 0 Å². The highest BCUT2D eigenvalue weighted by Gasteiger charge is 2.18. The summed E-state index contributed by atoms with van der Waals surface area (Å²) in [5.74, 6) is -1.65. The molecule has 0 aliphatic heterocycles. The molecule has 0 saturated carbocycles. The van der Waals surface area contributed by atoms with Gasteiger partial charge in [0.1, 0.15) is 9.71 Å². The maximum Gasteiger partial charge on any atom is 0.304 e. The fraction of sp³-hybridized carbons (Fsp3) is 0.692. The topological polar surface area (TPSA) is 113 Å². The summed E-state index contributed by atoms with van der Waals surface area (Å²) >= 11 is 1.72. The number of carboxylic acids is 1. The molecule has 0 saturated heterocycles. The van der Waals surface area contributed by atoms with E-state index < -0.39 is 15.8 Å². The molecule has 0 aromatic heterocycles. The molecule has 1 atom stereocenters. The second-order valence-electron chi connectivity index (χ2n) is 4.48. The fourth-order valence-electron chi connectivity index (χ4n) is 1.44. The average molecular weight is 412 g/mol. The molecule has 0 radical (unpaired) electrons. The van der Waals surface area contributed by atoms with E-state index in [9.17, 15) is 19.2 Å². The van der Waals surface area contributed by atoms with Gasteiger partial charge in [-0.2, -0.15) is 0 Å². The Labute approximate surface area is 137 Å². The van der Waals surface area contributed by atoms with E-state index >= 15 is 0 Å². The molecule has 0 aliphatic rings. The zero-order valence-electron chi connectivity index (χ0n) is 12.0. The lowest BCUT2D eigenvalue weighted by Crippen LogP contribution is -2.40. The van der Waals surface area contributed by atoms with Gasteiger partial charge in [-0.15, -0.1) is 0 Å². The summed E-state index contributed by atoms with van der Waals surface area (Å²) in [6.07, 6.45) is 2.22. The molecular weight excluding hydrogens is 391 g/mol. The van der Waals surface area contributed by atoms with Crippen molar-refractivity contribution < 1.29 is 24.3 Å². The van der Waals surface area contributed by atoms with Crippen molar-refractivity contribution in [1.82, 2.24) is 10.6 Å². The third-order valence-corrected chi connectivity index (χ3v) is 3.67. The third kappa shape index (κ3) is 11.2. The van der Waals surface area contributed by atoms with Crippen LogP contribution in [0.15, 0.2) is 0 Å². The Morgan fingerprint density at radius 2 is 1.81 bits per heavy atom. The summed E-state index contributed by atoms with van der Waals surface area (Å²) in [5, 5.41) is 13.6. The first-order chi connectivity index (χ1) is 9.86. The number of aliphatic carboxylic acids is 1. The molecule has 0 aromatic rings. The summed E-state index contributed by atoms with van der Waals surface area (Å²) in [5.41, 5.74) is 0. The van der Waals surface area contributed by atoms with Gasteiger partial charge in [0.25, 0.3) is 0 Å². The van der Waals surface area contributed by atoms with Crippen molar-refractivity contribution in [2.45, 2.75) is 43.0 Å². The van der Waals surface area contributed by atoms with Crippen LogP contribution in [0, 0.1) is 0 Å². The van der Waals surface area contributed by atoms with Crippen LogP contribution >= 0.6 is 22.6 Å². The Morgan fingerprint density at radius 1 is 1.14 bits per heavy atom. The number of ketones is 1. The van der Waals surface area contributed by atoms with E-state index in [0.29, 0.717) is 25.8 Å². The van der Waals surface area contributed by atoms with Gasteiger partial charge in [0, 0.05) is 19.4 Å². The van der Waals surface area contributed by atoms with Gasteiger partial charge in [-0.05, 0) is 12.8 Å². The first-order valence-electron chi connectivity index (χ1n) is 6.78. The maximum absolute atomic E-state index is 11.5. The van der Waals surface area contributed by atoms with Crippen molar-refractivity contribution in [3.63, 3.8) is 0 Å². The third-order valence-electron chi connectivity index (χ3n) is 2.66. The van der Waals surface area contributed by atoms with Gasteiger partial charge in [-0.25, -0.2) is 0 Å². The van der Waals surface area contributed by atoms with Crippen LogP contribution < -0.4 is 10.6 Å². The van der Waals surface area contributed by atoms with Crippen LogP contribution in [0.3, 0.4) is 0 Å². The van der Waals surface area contributed by atoms with Crippen LogP contribution in [0.25, 0.3) is 0 Å². The number of hydrogen-bond donors (Lipinski definition) is 3. The molecule has 0 fully saturated rings. The number of amides is 2. The SMILES string of the molecule is CCC(=O)CCCCNC(=O)CNC(=O)C(I)CC(=O)O. The number of halogens is 1. The molecule has 21 heavy (non-hydrogen) atoms. The summed E-state index contributed by atoms with van der Waals surface area (Å²) in [6.45, 7) is 2.10. The predicted molar refractivity (Wildman–Crippen MR) is 85.2 cm³/mol. The second-order valence-corrected chi connectivity index (χ2v) is 5.99. The molecule has 0 bridgehead atoms. The number of unbranched alkanes of at least 4 members (excludes halogenated alkanes) is 1. The molecule has 120 valence electrons. The van der Waals surface area contributed by atoms with Crippen LogP contribution in [0.2, 0.25) is 0 Å². The lowest BCUT2D eigenvalue weighted by molar-refractivity contribution is -0.138. The highest BCUT2D eigenvalue weighted by atomic mass is 127. The van der Waals surface area contributed by atoms with Crippen molar-refractivity contribution in [2.75, 3.05) is 13.1 Å². The van der Waals surface area contributed by atoms with Gasteiger partial charge in [-0.3, -0.25) is 19.2 Å². The smallest absolute Gasteiger partial charge is 0.304 e. The van der Waals surface area contributed by atoms with Crippen molar-refractivity contribution in [1.29, 1.82) is 0 Å². The van der Waals surface area contributed by atoms with Crippen molar-refractivity contribution >= 4 is 46.2 Å². The van der Waals surface area contributed by atoms with E-state index in [2.05, 4.69) is 10.6 Å². The Kier molecular flexibility index (Phi) is 10.8. The quantitative estimate of drug-likeness (QED) is 0.262. The van der Waals surface area contributed by atoms with Gasteiger partial charge in [-0.1, -0.05) is 29.5 Å². The highest BCUT2D eigenvalue weighted by Crippen LogP contribution is 2.05. The lowest BCUT2D eigenvalue weighted by atomic mass is 10.1. The van der Waals surface area contributed by atoms with E-state index in [-0.39, 0.29) is 24.7 Å². The van der Waals surface area contributed by atoms with Gasteiger partial charge >= 0.3 is 5.97 Å². The van der Waals surface area contributed by atoms with Crippen molar-refractivity contribution in [3.8, 4) is 0 Å². The normalized spacial score (nSPS) is 11.5.